The molecule has 396 valence electrons. The number of ether oxygens (including phenoxy) is 4. The number of terminal acetylenes is 1. The van der Waals surface area contributed by atoms with Crippen molar-refractivity contribution in [2.75, 3.05) is 56.8 Å². The number of fused-ring (bicyclic) bond motifs is 3. The number of benzene rings is 4. The van der Waals surface area contributed by atoms with Crippen LogP contribution in [-0.4, -0.2) is 83.9 Å². The quantitative estimate of drug-likeness (QED) is 0.0250. The molecule has 3 heterocycles. The average Bonchev–Trinajstić information content (AvgIpc) is 3.85. The normalized spacial score (nSPS) is 16.6. The van der Waals surface area contributed by atoms with Gasteiger partial charge in [0.15, 0.2) is 17.2 Å². The number of aromatic nitrogens is 2. The minimum Gasteiger partial charge on any atom is -0.487 e. The molecule has 0 fully saturated rings. The molecule has 0 bridgehead atoms. The summed E-state index contributed by atoms with van der Waals surface area (Å²) in [6.45, 7) is 11.7. The minimum absolute atomic E-state index is 0.0772. The topological polar surface area (TPSA) is 135 Å². The highest BCUT2D eigenvalue weighted by molar-refractivity contribution is 6.32. The molecular weight excluding hydrogens is 974 g/mol. The van der Waals surface area contributed by atoms with E-state index in [-0.39, 0.29) is 36.4 Å². The number of carboxylic acids is 1. The smallest absolute Gasteiger partial charge is 0.305 e. The fourth-order valence-corrected chi connectivity index (χ4v) is 10.9. The van der Waals surface area contributed by atoms with Crippen LogP contribution in [0.3, 0.4) is 0 Å². The average molecular weight is 1050 g/mol. The maximum atomic E-state index is 13.0. The lowest BCUT2D eigenvalue weighted by molar-refractivity contribution is -0.438. The maximum absolute atomic E-state index is 13.0. The van der Waals surface area contributed by atoms with Crippen LogP contribution in [0.15, 0.2) is 137 Å². The number of nitrogens with zero attached hydrogens (tertiary/aromatic N) is 4. The predicted molar refractivity (Wildman–Crippen MR) is 304 cm³/mol. The van der Waals surface area contributed by atoms with E-state index in [2.05, 4.69) is 131 Å². The summed E-state index contributed by atoms with van der Waals surface area (Å²) in [4.78, 5) is 35.5. The van der Waals surface area contributed by atoms with Gasteiger partial charge in [0.25, 0.3) is 0 Å². The number of carbonyl (C=O) groups excluding carboxylic acids is 1. The summed E-state index contributed by atoms with van der Waals surface area (Å²) in [6.07, 6.45) is 24.4. The molecule has 2 N–H and O–H groups in total. The SMILES string of the molecule is C#Cc1cccc(Nc2ncnc3cc(OCCOC)c(OCCOC(=O)CCCCCN4/C(=C/C=C5\CCCC(/C=C/C6=[N+](CCCCCC(=O)O)c7ccccc7C6(C)C)=C5Cl)C(C)(C)c5ccccc54)cc23)c1. The van der Waals surface area contributed by atoms with E-state index in [1.165, 1.54) is 40.2 Å². The van der Waals surface area contributed by atoms with Crippen LogP contribution in [0.4, 0.5) is 22.9 Å². The van der Waals surface area contributed by atoms with E-state index in [4.69, 9.17) is 42.1 Å². The summed E-state index contributed by atoms with van der Waals surface area (Å²) in [5.41, 5.74) is 11.5. The standard InChI is InChI=1S/C63H70ClN5O7/c1-7-44-20-18-23-47(40-44)67-61-48-41-54(55(74-37-36-73-6)42-51(48)65-43-66-61)75-38-39-76-59(72)29-11-9-17-35-69-53-27-15-13-25-50(53)63(4,5)57(69)33-31-46-22-19-21-45(60(46)64)30-32-56-62(2,3)49-24-12-14-26-52(49)68(56)34-16-8-10-28-58(70)71/h1,12-15,18,20,23-27,30-33,40-43H,8-11,16-17,19,21-22,28-29,34-39H2,2-6H3,(H-,65,66,67,70,71)/p+1. The van der Waals surface area contributed by atoms with Crippen LogP contribution in [-0.2, 0) is 29.9 Å². The molecule has 4 aromatic carbocycles. The van der Waals surface area contributed by atoms with Crippen LogP contribution in [0.1, 0.15) is 115 Å². The number of halogens is 1. The van der Waals surface area contributed by atoms with Gasteiger partial charge >= 0.3 is 11.9 Å². The molecule has 0 radical (unpaired) electrons. The summed E-state index contributed by atoms with van der Waals surface area (Å²) >= 11 is 7.33. The van der Waals surface area contributed by atoms with Gasteiger partial charge in [-0.1, -0.05) is 92.4 Å². The van der Waals surface area contributed by atoms with Crippen LogP contribution < -0.4 is 19.7 Å². The molecule has 13 heteroatoms. The van der Waals surface area contributed by atoms with Crippen LogP contribution in [0.25, 0.3) is 10.9 Å². The molecule has 1 aliphatic carbocycles. The van der Waals surface area contributed by atoms with E-state index in [0.717, 1.165) is 85.5 Å². The van der Waals surface area contributed by atoms with Crippen LogP contribution in [0, 0.1) is 12.3 Å². The lowest BCUT2D eigenvalue weighted by atomic mass is 9.81. The summed E-state index contributed by atoms with van der Waals surface area (Å²) in [6, 6.07) is 28.4. The maximum Gasteiger partial charge on any atom is 0.305 e. The second kappa shape index (κ2) is 25.6. The number of hydrogen-bond acceptors (Lipinski definition) is 10. The highest BCUT2D eigenvalue weighted by Crippen LogP contribution is 2.48. The molecule has 12 nitrogen and oxygen atoms in total. The predicted octanol–water partition coefficient (Wildman–Crippen LogP) is 13.4. The fourth-order valence-electron chi connectivity index (χ4n) is 10.6. The Morgan fingerprint density at radius 2 is 1.57 bits per heavy atom. The number of esters is 1. The Kier molecular flexibility index (Phi) is 18.5. The van der Waals surface area contributed by atoms with Crippen molar-refractivity contribution in [3.8, 4) is 23.8 Å². The highest BCUT2D eigenvalue weighted by Gasteiger charge is 2.44. The van der Waals surface area contributed by atoms with E-state index in [9.17, 15) is 9.59 Å². The molecular formula is C63H71ClN5O7+. The molecule has 76 heavy (non-hydrogen) atoms. The Morgan fingerprint density at radius 3 is 2.37 bits per heavy atom. The molecule has 0 unspecified atom stereocenters. The van der Waals surface area contributed by atoms with Crippen LogP contribution in [0.2, 0.25) is 0 Å². The Bertz CT molecular complexity index is 3130. The molecule has 0 spiro atoms. The molecule has 2 aliphatic heterocycles. The van der Waals surface area contributed by atoms with E-state index >= 15 is 0 Å². The van der Waals surface area contributed by atoms with Gasteiger partial charge in [-0.15, -0.1) is 6.42 Å². The monoisotopic (exact) mass is 1040 g/mol. The van der Waals surface area contributed by atoms with Gasteiger partial charge in [-0.05, 0) is 112 Å². The van der Waals surface area contributed by atoms with E-state index < -0.39 is 5.97 Å². The van der Waals surface area contributed by atoms with Crippen molar-refractivity contribution in [3.05, 3.63) is 154 Å². The van der Waals surface area contributed by atoms with Gasteiger partial charge in [-0.2, -0.15) is 4.58 Å². The number of carbonyl (C=O) groups is 2. The van der Waals surface area contributed by atoms with Gasteiger partial charge in [0.1, 0.15) is 38.5 Å². The van der Waals surface area contributed by atoms with Gasteiger partial charge in [-0.25, -0.2) is 9.97 Å². The highest BCUT2D eigenvalue weighted by atomic mass is 35.5. The Morgan fingerprint density at radius 1 is 0.816 bits per heavy atom. The van der Waals surface area contributed by atoms with Gasteiger partial charge in [-0.3, -0.25) is 9.59 Å². The first-order valence-corrected chi connectivity index (χ1v) is 27.0. The van der Waals surface area contributed by atoms with Gasteiger partial charge in [0.2, 0.25) is 5.69 Å². The number of aliphatic carboxylic acids is 1. The molecule has 1 aromatic heterocycles. The summed E-state index contributed by atoms with van der Waals surface area (Å²) in [5, 5.41) is 14.0. The molecule has 0 amide bonds. The summed E-state index contributed by atoms with van der Waals surface area (Å²) < 4.78 is 25.5. The third-order valence-electron chi connectivity index (χ3n) is 14.6. The van der Waals surface area contributed by atoms with Crippen molar-refractivity contribution in [2.24, 2.45) is 0 Å². The Hall–Kier alpha value is -7.20. The second-order valence-electron chi connectivity index (χ2n) is 20.6. The minimum atomic E-state index is -0.741. The molecule has 5 aromatic rings. The van der Waals surface area contributed by atoms with Crippen molar-refractivity contribution in [1.82, 2.24) is 9.97 Å². The summed E-state index contributed by atoms with van der Waals surface area (Å²) in [5.74, 6) is 3.18. The third-order valence-corrected chi connectivity index (χ3v) is 15.1. The first-order chi connectivity index (χ1) is 36.8. The molecule has 0 saturated heterocycles. The van der Waals surface area contributed by atoms with Gasteiger partial charge in [0, 0.05) is 95.2 Å². The van der Waals surface area contributed by atoms with Crippen LogP contribution in [0.5, 0.6) is 11.5 Å². The van der Waals surface area contributed by atoms with Crippen molar-refractivity contribution in [3.63, 3.8) is 0 Å². The largest absolute Gasteiger partial charge is 0.487 e. The third kappa shape index (κ3) is 13.1. The zero-order valence-electron chi connectivity index (χ0n) is 44.6. The van der Waals surface area contributed by atoms with Crippen molar-refractivity contribution in [2.45, 2.75) is 109 Å². The molecule has 3 aliphatic rings. The lowest BCUT2D eigenvalue weighted by Crippen LogP contribution is -2.28. The van der Waals surface area contributed by atoms with E-state index in [0.29, 0.717) is 60.7 Å². The lowest BCUT2D eigenvalue weighted by Gasteiger charge is -2.27. The van der Waals surface area contributed by atoms with Gasteiger partial charge in [0.05, 0.1) is 17.5 Å². The van der Waals surface area contributed by atoms with Crippen LogP contribution >= 0.6 is 11.6 Å². The number of para-hydroxylation sites is 2. The first-order valence-electron chi connectivity index (χ1n) is 26.6. The number of carboxylic acid groups (broad SMARTS) is 1. The summed E-state index contributed by atoms with van der Waals surface area (Å²) in [7, 11) is 1.61. The zero-order valence-corrected chi connectivity index (χ0v) is 45.4. The zero-order chi connectivity index (χ0) is 53.7. The first kappa shape index (κ1) is 55.0. The number of rotatable bonds is 25. The Labute approximate surface area is 453 Å². The number of allylic oxidation sites excluding steroid dienone is 8. The Balaban J connectivity index is 0.879. The number of unbranched alkanes of at least 4 members (excludes halogenated alkanes) is 4. The van der Waals surface area contributed by atoms with Crippen molar-refractivity contribution < 1.29 is 38.2 Å². The number of anilines is 3. The fraction of sp³-hybridized carbons (Fsp3) is 0.381. The van der Waals surface area contributed by atoms with Gasteiger partial charge < -0.3 is 34.3 Å². The molecule has 8 rings (SSSR count). The van der Waals surface area contributed by atoms with Crippen molar-refractivity contribution in [1.29, 1.82) is 0 Å². The second-order valence-corrected chi connectivity index (χ2v) is 20.9. The number of hydrogen-bond donors (Lipinski definition) is 2. The van der Waals surface area contributed by atoms with Crippen molar-refractivity contribution >= 4 is 63.0 Å². The van der Waals surface area contributed by atoms with E-state index in [1.54, 1.807) is 13.2 Å². The molecule has 0 atom stereocenters. The number of nitrogens with one attached hydrogen (secondary N) is 1. The van der Waals surface area contributed by atoms with E-state index in [1.807, 2.05) is 30.3 Å². The number of methoxy groups -OCH3 is 1. The molecule has 0 saturated carbocycles.